The van der Waals surface area contributed by atoms with Crippen LogP contribution in [0.25, 0.3) is 10.2 Å². The highest BCUT2D eigenvalue weighted by atomic mass is 32.1. The van der Waals surface area contributed by atoms with Gasteiger partial charge >= 0.3 is 0 Å². The monoisotopic (exact) mass is 338 g/mol. The van der Waals surface area contributed by atoms with E-state index in [1.54, 1.807) is 11.3 Å². The van der Waals surface area contributed by atoms with Gasteiger partial charge in [-0.1, -0.05) is 18.2 Å². The van der Waals surface area contributed by atoms with Crippen LogP contribution in [0.5, 0.6) is 0 Å². The lowest BCUT2D eigenvalue weighted by molar-refractivity contribution is 0.121. The summed E-state index contributed by atoms with van der Waals surface area (Å²) in [5, 5.41) is 0. The molecule has 1 saturated heterocycles. The van der Waals surface area contributed by atoms with E-state index >= 15 is 0 Å². The number of thiazole rings is 1. The first-order valence-corrected chi connectivity index (χ1v) is 9.34. The minimum Gasteiger partial charge on any atom is -0.296 e. The van der Waals surface area contributed by atoms with Crippen molar-refractivity contribution < 1.29 is 0 Å². The minimum atomic E-state index is 0.963. The van der Waals surface area contributed by atoms with Crippen molar-refractivity contribution in [3.63, 3.8) is 0 Å². The molecule has 3 heterocycles. The van der Waals surface area contributed by atoms with E-state index in [1.807, 2.05) is 17.8 Å². The van der Waals surface area contributed by atoms with Gasteiger partial charge in [0.15, 0.2) is 0 Å². The molecule has 1 fully saturated rings. The number of hydrogen-bond donors (Lipinski definition) is 0. The lowest BCUT2D eigenvalue weighted by Gasteiger charge is -2.34. The zero-order chi connectivity index (χ0) is 16.4. The molecule has 1 aliphatic heterocycles. The molecule has 124 valence electrons. The molecule has 4 rings (SSSR count). The highest BCUT2D eigenvalue weighted by Gasteiger charge is 2.18. The molecule has 5 heteroatoms. The van der Waals surface area contributed by atoms with Gasteiger partial charge in [0.05, 0.1) is 21.4 Å². The first-order valence-electron chi connectivity index (χ1n) is 8.46. The zero-order valence-corrected chi connectivity index (χ0v) is 14.8. The third kappa shape index (κ3) is 3.34. The lowest BCUT2D eigenvalue weighted by Crippen LogP contribution is -2.45. The van der Waals surface area contributed by atoms with E-state index in [4.69, 9.17) is 0 Å². The van der Waals surface area contributed by atoms with Crippen LogP contribution in [-0.2, 0) is 13.1 Å². The molecule has 2 aromatic heterocycles. The number of rotatable bonds is 4. The third-order valence-corrected chi connectivity index (χ3v) is 5.71. The first-order chi connectivity index (χ1) is 11.8. The fourth-order valence-electron chi connectivity index (χ4n) is 3.31. The third-order valence-electron chi connectivity index (χ3n) is 4.79. The highest BCUT2D eigenvalue weighted by Crippen LogP contribution is 2.24. The summed E-state index contributed by atoms with van der Waals surface area (Å²) in [4.78, 5) is 14.0. The molecule has 4 nitrogen and oxygen atoms in total. The Hall–Kier alpha value is -1.82. The summed E-state index contributed by atoms with van der Waals surface area (Å²) in [6.07, 6.45) is 1.90. The van der Waals surface area contributed by atoms with Gasteiger partial charge in [-0.15, -0.1) is 11.3 Å². The Morgan fingerprint density at radius 1 is 0.958 bits per heavy atom. The van der Waals surface area contributed by atoms with Crippen molar-refractivity contribution in [2.75, 3.05) is 26.2 Å². The molecule has 0 atom stereocenters. The van der Waals surface area contributed by atoms with Crippen molar-refractivity contribution in [2.45, 2.75) is 20.0 Å². The van der Waals surface area contributed by atoms with Crippen LogP contribution in [0.3, 0.4) is 0 Å². The summed E-state index contributed by atoms with van der Waals surface area (Å²) in [6.45, 7) is 8.57. The van der Waals surface area contributed by atoms with Gasteiger partial charge in [0, 0.05) is 45.5 Å². The maximum Gasteiger partial charge on any atom is 0.0815 e. The Morgan fingerprint density at radius 3 is 2.54 bits per heavy atom. The molecule has 1 aliphatic rings. The van der Waals surface area contributed by atoms with Crippen molar-refractivity contribution in [2.24, 2.45) is 0 Å². The van der Waals surface area contributed by atoms with Crippen LogP contribution in [0.1, 0.15) is 16.8 Å². The van der Waals surface area contributed by atoms with Crippen LogP contribution in [0.2, 0.25) is 0 Å². The summed E-state index contributed by atoms with van der Waals surface area (Å²) in [5.41, 5.74) is 6.98. The van der Waals surface area contributed by atoms with Crippen molar-refractivity contribution in [3.8, 4) is 0 Å². The molecule has 0 bridgehead atoms. The molecule has 24 heavy (non-hydrogen) atoms. The Labute approximate surface area is 146 Å². The molecule has 0 aliphatic carbocycles. The van der Waals surface area contributed by atoms with Gasteiger partial charge < -0.3 is 0 Å². The number of piperazine rings is 1. The van der Waals surface area contributed by atoms with Crippen LogP contribution in [-0.4, -0.2) is 45.9 Å². The van der Waals surface area contributed by atoms with E-state index in [2.05, 4.69) is 51.0 Å². The van der Waals surface area contributed by atoms with E-state index in [0.717, 1.165) is 44.8 Å². The van der Waals surface area contributed by atoms with Gasteiger partial charge in [-0.3, -0.25) is 14.8 Å². The van der Waals surface area contributed by atoms with Crippen LogP contribution in [0, 0.1) is 6.92 Å². The molecule has 0 radical (unpaired) electrons. The number of hydrogen-bond acceptors (Lipinski definition) is 5. The average molecular weight is 338 g/mol. The maximum atomic E-state index is 4.53. The van der Waals surface area contributed by atoms with E-state index in [0.29, 0.717) is 0 Å². The number of aryl methyl sites for hydroxylation is 1. The zero-order valence-electron chi connectivity index (χ0n) is 14.0. The number of fused-ring (bicyclic) bond motifs is 1. The largest absolute Gasteiger partial charge is 0.296 e. The van der Waals surface area contributed by atoms with Crippen molar-refractivity contribution >= 4 is 21.6 Å². The quantitative estimate of drug-likeness (QED) is 0.730. The second-order valence-electron chi connectivity index (χ2n) is 6.44. The lowest BCUT2D eigenvalue weighted by atomic mass is 10.1. The maximum absolute atomic E-state index is 4.53. The summed E-state index contributed by atoms with van der Waals surface area (Å²) in [6, 6.07) is 10.6. The predicted molar refractivity (Wildman–Crippen MR) is 99.1 cm³/mol. The standard InChI is InChI=1S/C19H22N4S/c1-15-4-3-7-20-18(15)13-23-10-8-22(9-11-23)12-16-5-2-6-17-19(16)24-14-21-17/h2-7,14H,8-13H2,1H3. The molecule has 0 saturated carbocycles. The fraction of sp³-hybridized carbons (Fsp3) is 0.368. The van der Waals surface area contributed by atoms with Crippen LogP contribution < -0.4 is 0 Å². The molecule has 0 N–H and O–H groups in total. The Bertz CT molecular complexity index is 821. The second kappa shape index (κ2) is 6.97. The van der Waals surface area contributed by atoms with E-state index in [9.17, 15) is 0 Å². The molecule has 3 aromatic rings. The predicted octanol–water partition coefficient (Wildman–Crippen LogP) is 3.32. The highest BCUT2D eigenvalue weighted by molar-refractivity contribution is 7.16. The van der Waals surface area contributed by atoms with Crippen LogP contribution >= 0.6 is 11.3 Å². The summed E-state index contributed by atoms with van der Waals surface area (Å²) < 4.78 is 1.34. The van der Waals surface area contributed by atoms with E-state index in [-0.39, 0.29) is 0 Å². The first kappa shape index (κ1) is 15.7. The minimum absolute atomic E-state index is 0.963. The summed E-state index contributed by atoms with van der Waals surface area (Å²) >= 11 is 1.75. The molecular weight excluding hydrogens is 316 g/mol. The fourth-order valence-corrected chi connectivity index (χ4v) is 4.11. The number of nitrogens with zero attached hydrogens (tertiary/aromatic N) is 4. The number of aromatic nitrogens is 2. The van der Waals surface area contributed by atoms with Gasteiger partial charge in [-0.25, -0.2) is 4.98 Å². The van der Waals surface area contributed by atoms with Gasteiger partial charge in [0.25, 0.3) is 0 Å². The summed E-state index contributed by atoms with van der Waals surface area (Å²) in [5.74, 6) is 0. The topological polar surface area (TPSA) is 32.3 Å². The van der Waals surface area contributed by atoms with Gasteiger partial charge in [0.1, 0.15) is 0 Å². The Balaban J connectivity index is 1.36. The van der Waals surface area contributed by atoms with Crippen LogP contribution in [0.15, 0.2) is 42.0 Å². The van der Waals surface area contributed by atoms with Crippen LogP contribution in [0.4, 0.5) is 0 Å². The van der Waals surface area contributed by atoms with E-state index < -0.39 is 0 Å². The SMILES string of the molecule is Cc1cccnc1CN1CCN(Cc2cccc3ncsc23)CC1. The Kier molecular flexibility index (Phi) is 4.56. The molecule has 0 unspecified atom stereocenters. The van der Waals surface area contributed by atoms with Gasteiger partial charge in [-0.2, -0.15) is 0 Å². The molecule has 0 spiro atoms. The second-order valence-corrected chi connectivity index (χ2v) is 7.29. The van der Waals surface area contributed by atoms with Gasteiger partial charge in [0.2, 0.25) is 0 Å². The molecule has 1 aromatic carbocycles. The van der Waals surface area contributed by atoms with Crippen molar-refractivity contribution in [1.82, 2.24) is 19.8 Å². The number of benzene rings is 1. The normalized spacial score (nSPS) is 16.7. The van der Waals surface area contributed by atoms with Crippen molar-refractivity contribution in [1.29, 1.82) is 0 Å². The summed E-state index contributed by atoms with van der Waals surface area (Å²) in [7, 11) is 0. The molecular formula is C19H22N4S. The van der Waals surface area contributed by atoms with Crippen molar-refractivity contribution in [3.05, 3.63) is 58.9 Å². The van der Waals surface area contributed by atoms with Gasteiger partial charge in [-0.05, 0) is 30.2 Å². The van der Waals surface area contributed by atoms with E-state index in [1.165, 1.54) is 21.5 Å². The molecule has 0 amide bonds. The number of pyridine rings is 1. The average Bonchev–Trinajstić information content (AvgIpc) is 3.08. The Morgan fingerprint density at radius 2 is 1.75 bits per heavy atom. The smallest absolute Gasteiger partial charge is 0.0815 e.